The number of amides is 2. The molecule has 0 saturated heterocycles. The average Bonchev–Trinajstić information content (AvgIpc) is 3.17. The lowest BCUT2D eigenvalue weighted by Gasteiger charge is -2.23. The van der Waals surface area contributed by atoms with Gasteiger partial charge in [-0.15, -0.1) is 11.3 Å². The van der Waals surface area contributed by atoms with Gasteiger partial charge in [-0.2, -0.15) is 5.10 Å². The Hall–Kier alpha value is -2.41. The summed E-state index contributed by atoms with van der Waals surface area (Å²) >= 11 is 1.61. The largest absolute Gasteiger partial charge is 0.332 e. The first-order valence-electron chi connectivity index (χ1n) is 8.10. The number of hydrogen-bond acceptors (Lipinski definition) is 4. The molecule has 2 aromatic heterocycles. The van der Waals surface area contributed by atoms with Gasteiger partial charge in [-0.3, -0.25) is 4.68 Å². The Kier molecular flexibility index (Phi) is 3.93. The number of urea groups is 1. The van der Waals surface area contributed by atoms with E-state index >= 15 is 0 Å². The van der Waals surface area contributed by atoms with Gasteiger partial charge in [0.25, 0.3) is 0 Å². The molecule has 1 aliphatic rings. The van der Waals surface area contributed by atoms with Crippen LogP contribution in [-0.4, -0.2) is 20.8 Å². The van der Waals surface area contributed by atoms with Crippen LogP contribution in [0.25, 0.3) is 10.2 Å². The standard InChI is InChI=1S/C17H19N5OS/c1-22-14-7-4-6-12(11(14)9-19-22)21-17(23)18-10-16-20-13-5-2-3-8-15(13)24-16/h2-3,5,8-9,12H,4,6-7,10H2,1H3,(H2,18,21,23)/t12-/m0/s1. The number of aromatic nitrogens is 3. The molecule has 0 bridgehead atoms. The van der Waals surface area contributed by atoms with E-state index in [9.17, 15) is 4.79 Å². The molecule has 0 unspecified atom stereocenters. The number of nitrogens with one attached hydrogen (secondary N) is 2. The van der Waals surface area contributed by atoms with Crippen molar-refractivity contribution in [1.82, 2.24) is 25.4 Å². The Balaban J connectivity index is 1.39. The van der Waals surface area contributed by atoms with Gasteiger partial charge in [-0.25, -0.2) is 9.78 Å². The van der Waals surface area contributed by atoms with E-state index < -0.39 is 0 Å². The van der Waals surface area contributed by atoms with Crippen LogP contribution in [0.15, 0.2) is 30.5 Å². The minimum atomic E-state index is -0.157. The predicted molar refractivity (Wildman–Crippen MR) is 93.9 cm³/mol. The highest BCUT2D eigenvalue weighted by Crippen LogP contribution is 2.29. The second kappa shape index (κ2) is 6.24. The SMILES string of the molecule is Cn1ncc2c1CCC[C@@H]2NC(=O)NCc1nc2ccccc2s1. The molecule has 0 radical (unpaired) electrons. The second-order valence-electron chi connectivity index (χ2n) is 6.02. The lowest BCUT2D eigenvalue weighted by Crippen LogP contribution is -2.38. The molecule has 0 spiro atoms. The summed E-state index contributed by atoms with van der Waals surface area (Å²) in [5.41, 5.74) is 3.34. The summed E-state index contributed by atoms with van der Waals surface area (Å²) < 4.78 is 3.05. The number of hydrogen-bond donors (Lipinski definition) is 2. The molecular weight excluding hydrogens is 322 g/mol. The van der Waals surface area contributed by atoms with E-state index in [4.69, 9.17) is 0 Å². The van der Waals surface area contributed by atoms with E-state index in [1.165, 1.54) is 5.69 Å². The highest BCUT2D eigenvalue weighted by Gasteiger charge is 2.24. The number of carbonyl (C=O) groups is 1. The van der Waals surface area contributed by atoms with Crippen molar-refractivity contribution in [2.75, 3.05) is 0 Å². The zero-order valence-electron chi connectivity index (χ0n) is 13.5. The van der Waals surface area contributed by atoms with Gasteiger partial charge in [0.05, 0.1) is 29.0 Å². The number of nitrogens with zero attached hydrogens (tertiary/aromatic N) is 3. The first-order chi connectivity index (χ1) is 11.7. The monoisotopic (exact) mass is 341 g/mol. The molecule has 0 saturated carbocycles. The maximum absolute atomic E-state index is 12.2. The molecule has 0 fully saturated rings. The fourth-order valence-electron chi connectivity index (χ4n) is 3.22. The summed E-state index contributed by atoms with van der Waals surface area (Å²) in [7, 11) is 1.95. The van der Waals surface area contributed by atoms with E-state index in [0.29, 0.717) is 6.54 Å². The quantitative estimate of drug-likeness (QED) is 0.769. The van der Waals surface area contributed by atoms with Crippen LogP contribution in [0.2, 0.25) is 0 Å². The molecular formula is C17H19N5OS. The number of thiazole rings is 1. The fourth-order valence-corrected chi connectivity index (χ4v) is 4.12. The Morgan fingerprint density at radius 2 is 2.29 bits per heavy atom. The second-order valence-corrected chi connectivity index (χ2v) is 7.13. The third-order valence-electron chi connectivity index (χ3n) is 4.42. The Labute approximate surface area is 143 Å². The summed E-state index contributed by atoms with van der Waals surface area (Å²) in [6, 6.07) is 7.89. The Morgan fingerprint density at radius 1 is 1.42 bits per heavy atom. The number of carbonyl (C=O) groups excluding carboxylic acids is 1. The molecule has 0 aliphatic heterocycles. The maximum atomic E-state index is 12.2. The molecule has 6 nitrogen and oxygen atoms in total. The molecule has 124 valence electrons. The molecule has 4 rings (SSSR count). The van der Waals surface area contributed by atoms with Crippen molar-refractivity contribution in [3.8, 4) is 0 Å². The summed E-state index contributed by atoms with van der Waals surface area (Å²) in [6.45, 7) is 0.442. The van der Waals surface area contributed by atoms with Crippen molar-refractivity contribution < 1.29 is 4.79 Å². The van der Waals surface area contributed by atoms with Gasteiger partial charge < -0.3 is 10.6 Å². The molecule has 1 atom stereocenters. The van der Waals surface area contributed by atoms with Gasteiger partial charge in [0, 0.05) is 18.3 Å². The Bertz CT molecular complexity index is 851. The third-order valence-corrected chi connectivity index (χ3v) is 5.46. The van der Waals surface area contributed by atoms with Crippen LogP contribution in [0.1, 0.15) is 35.1 Å². The minimum Gasteiger partial charge on any atom is -0.332 e. The molecule has 2 amide bonds. The van der Waals surface area contributed by atoms with Gasteiger partial charge in [-0.1, -0.05) is 12.1 Å². The summed E-state index contributed by atoms with van der Waals surface area (Å²) in [6.07, 6.45) is 4.91. The van der Waals surface area contributed by atoms with Gasteiger partial charge in [0.1, 0.15) is 5.01 Å². The number of aryl methyl sites for hydroxylation is 1. The smallest absolute Gasteiger partial charge is 0.315 e. The van der Waals surface area contributed by atoms with Crippen molar-refractivity contribution in [3.05, 3.63) is 46.7 Å². The van der Waals surface area contributed by atoms with Crippen molar-refractivity contribution in [1.29, 1.82) is 0 Å². The van der Waals surface area contributed by atoms with E-state index in [2.05, 4.69) is 20.7 Å². The van der Waals surface area contributed by atoms with E-state index in [0.717, 1.165) is 40.1 Å². The molecule has 1 aromatic carbocycles. The zero-order chi connectivity index (χ0) is 16.5. The predicted octanol–water partition coefficient (Wildman–Crippen LogP) is 2.91. The number of benzene rings is 1. The number of fused-ring (bicyclic) bond motifs is 2. The van der Waals surface area contributed by atoms with Crippen LogP contribution >= 0.6 is 11.3 Å². The normalized spacial score (nSPS) is 16.8. The molecule has 24 heavy (non-hydrogen) atoms. The highest BCUT2D eigenvalue weighted by atomic mass is 32.1. The third kappa shape index (κ3) is 2.87. The topological polar surface area (TPSA) is 71.8 Å². The van der Waals surface area contributed by atoms with Crippen LogP contribution in [-0.2, 0) is 20.0 Å². The maximum Gasteiger partial charge on any atom is 0.315 e. The molecule has 7 heteroatoms. The summed E-state index contributed by atoms with van der Waals surface area (Å²) in [4.78, 5) is 16.8. The van der Waals surface area contributed by atoms with Crippen LogP contribution in [0.3, 0.4) is 0 Å². The van der Waals surface area contributed by atoms with Crippen LogP contribution in [0.4, 0.5) is 4.79 Å². The lowest BCUT2D eigenvalue weighted by molar-refractivity contribution is 0.235. The first kappa shape index (κ1) is 15.1. The van der Waals surface area contributed by atoms with Crippen LogP contribution in [0.5, 0.6) is 0 Å². The fraction of sp³-hybridized carbons (Fsp3) is 0.353. The van der Waals surface area contributed by atoms with E-state index in [1.807, 2.05) is 42.2 Å². The van der Waals surface area contributed by atoms with Crippen molar-refractivity contribution in [2.45, 2.75) is 31.8 Å². The van der Waals surface area contributed by atoms with Crippen LogP contribution in [0, 0.1) is 0 Å². The lowest BCUT2D eigenvalue weighted by atomic mass is 9.93. The first-order valence-corrected chi connectivity index (χ1v) is 8.92. The average molecular weight is 341 g/mol. The number of rotatable bonds is 3. The van der Waals surface area contributed by atoms with Gasteiger partial charge in [0.15, 0.2) is 0 Å². The van der Waals surface area contributed by atoms with E-state index in [1.54, 1.807) is 11.3 Å². The highest BCUT2D eigenvalue weighted by molar-refractivity contribution is 7.18. The molecule has 2 N–H and O–H groups in total. The van der Waals surface area contributed by atoms with Crippen molar-refractivity contribution >= 4 is 27.6 Å². The van der Waals surface area contributed by atoms with Gasteiger partial charge in [-0.05, 0) is 31.4 Å². The van der Waals surface area contributed by atoms with Crippen molar-refractivity contribution in [2.24, 2.45) is 7.05 Å². The summed E-state index contributed by atoms with van der Waals surface area (Å²) in [5.74, 6) is 0. The zero-order valence-corrected chi connectivity index (χ0v) is 14.3. The minimum absolute atomic E-state index is 0.0396. The molecule has 3 aromatic rings. The number of para-hydroxylation sites is 1. The summed E-state index contributed by atoms with van der Waals surface area (Å²) in [5, 5.41) is 11.2. The van der Waals surface area contributed by atoms with Gasteiger partial charge >= 0.3 is 6.03 Å². The van der Waals surface area contributed by atoms with Crippen molar-refractivity contribution in [3.63, 3.8) is 0 Å². The van der Waals surface area contributed by atoms with Crippen LogP contribution < -0.4 is 10.6 Å². The van der Waals surface area contributed by atoms with Gasteiger partial charge in [0.2, 0.25) is 0 Å². The van der Waals surface area contributed by atoms with E-state index in [-0.39, 0.29) is 12.1 Å². The Morgan fingerprint density at radius 3 is 3.17 bits per heavy atom. The molecule has 1 aliphatic carbocycles. The molecule has 2 heterocycles.